The van der Waals surface area contributed by atoms with Gasteiger partial charge in [0.1, 0.15) is 0 Å². The lowest BCUT2D eigenvalue weighted by atomic mass is 10.1. The zero-order chi connectivity index (χ0) is 11.4. The predicted octanol–water partition coefficient (Wildman–Crippen LogP) is -0.0252. The summed E-state index contributed by atoms with van der Waals surface area (Å²) in [7, 11) is 0. The molecule has 0 saturated carbocycles. The first-order valence-corrected chi connectivity index (χ1v) is 5.53. The van der Waals surface area contributed by atoms with Crippen molar-refractivity contribution in [3.05, 3.63) is 20.7 Å². The monoisotopic (exact) mass is 245 g/mol. The Bertz CT molecular complexity index is 424. The molecule has 0 fully saturated rings. The molecule has 1 aromatic heterocycles. The lowest BCUT2D eigenvalue weighted by Crippen LogP contribution is -2.35. The van der Waals surface area contributed by atoms with Gasteiger partial charge in [0, 0.05) is 11.1 Å². The molecule has 1 atom stereocenters. The summed E-state index contributed by atoms with van der Waals surface area (Å²) in [5, 5.41) is 4.28. The van der Waals surface area contributed by atoms with E-state index in [9.17, 15) is 9.59 Å². The maximum atomic E-state index is 11.4. The Morgan fingerprint density at radius 1 is 1.80 bits per heavy atom. The van der Waals surface area contributed by atoms with Crippen molar-refractivity contribution in [2.75, 3.05) is 0 Å². The van der Waals surface area contributed by atoms with E-state index < -0.39 is 5.92 Å². The molecule has 0 aliphatic heterocycles. The van der Waals surface area contributed by atoms with Crippen molar-refractivity contribution in [2.45, 2.75) is 13.5 Å². The van der Waals surface area contributed by atoms with Gasteiger partial charge in [-0.25, -0.2) is 0 Å². The van der Waals surface area contributed by atoms with Crippen molar-refractivity contribution in [1.82, 2.24) is 10.3 Å². The molecule has 0 radical (unpaired) electrons. The first-order valence-electron chi connectivity index (χ1n) is 4.24. The van der Waals surface area contributed by atoms with Crippen molar-refractivity contribution in [3.8, 4) is 0 Å². The van der Waals surface area contributed by atoms with Crippen LogP contribution in [0.25, 0.3) is 0 Å². The highest BCUT2D eigenvalue weighted by molar-refractivity contribution is 7.80. The number of nitrogens with two attached hydrogens (primary N) is 1. The van der Waals surface area contributed by atoms with Gasteiger partial charge in [-0.15, -0.1) is 0 Å². The minimum atomic E-state index is -0.495. The van der Waals surface area contributed by atoms with Gasteiger partial charge in [0.15, 0.2) is 0 Å². The number of H-pyrrole nitrogens is 1. The number of nitrogens with one attached hydrogen (secondary N) is 2. The van der Waals surface area contributed by atoms with Crippen LogP contribution in [0.5, 0.6) is 0 Å². The molecule has 0 spiro atoms. The van der Waals surface area contributed by atoms with E-state index in [2.05, 4.69) is 10.3 Å². The van der Waals surface area contributed by atoms with E-state index >= 15 is 0 Å². The number of carbonyl (C=O) groups excluding carboxylic acids is 1. The number of aromatic nitrogens is 1. The molecule has 0 aliphatic rings. The van der Waals surface area contributed by atoms with Crippen LogP contribution in [0.4, 0.5) is 0 Å². The standard InChI is InChI=1S/C8H11N3O2S2/c1-4(6(9)14)7(12)10-2-5-3-15-8(13)11-5/h3-4H,2H2,1H3,(H2,9,14)(H,10,12)(H,11,13). The number of thiocarbonyl (C=S) groups is 1. The number of rotatable bonds is 4. The Morgan fingerprint density at radius 2 is 2.47 bits per heavy atom. The third kappa shape index (κ3) is 3.45. The van der Waals surface area contributed by atoms with E-state index in [0.717, 1.165) is 11.3 Å². The van der Waals surface area contributed by atoms with E-state index in [4.69, 9.17) is 18.0 Å². The number of thiazole rings is 1. The van der Waals surface area contributed by atoms with Crippen LogP contribution in [0.15, 0.2) is 10.2 Å². The van der Waals surface area contributed by atoms with Gasteiger partial charge in [0.05, 0.1) is 17.5 Å². The van der Waals surface area contributed by atoms with E-state index in [0.29, 0.717) is 5.69 Å². The summed E-state index contributed by atoms with van der Waals surface area (Å²) in [5.41, 5.74) is 6.00. The smallest absolute Gasteiger partial charge is 0.304 e. The molecular formula is C8H11N3O2S2. The van der Waals surface area contributed by atoms with Gasteiger partial charge in [-0.1, -0.05) is 23.6 Å². The van der Waals surface area contributed by atoms with Crippen LogP contribution in [0.2, 0.25) is 0 Å². The molecule has 82 valence electrons. The van der Waals surface area contributed by atoms with Gasteiger partial charge < -0.3 is 16.0 Å². The molecule has 1 unspecified atom stereocenters. The van der Waals surface area contributed by atoms with Gasteiger partial charge in [-0.3, -0.25) is 9.59 Å². The lowest BCUT2D eigenvalue weighted by Gasteiger charge is -2.09. The van der Waals surface area contributed by atoms with Crippen molar-refractivity contribution < 1.29 is 4.79 Å². The van der Waals surface area contributed by atoms with Crippen LogP contribution in [-0.2, 0) is 11.3 Å². The van der Waals surface area contributed by atoms with Gasteiger partial charge in [-0.05, 0) is 6.92 Å². The van der Waals surface area contributed by atoms with Crippen molar-refractivity contribution in [3.63, 3.8) is 0 Å². The molecule has 0 aliphatic carbocycles. The van der Waals surface area contributed by atoms with Gasteiger partial charge in [0.2, 0.25) is 5.91 Å². The number of aromatic amines is 1. The molecule has 5 nitrogen and oxygen atoms in total. The van der Waals surface area contributed by atoms with Crippen LogP contribution in [0.3, 0.4) is 0 Å². The highest BCUT2D eigenvalue weighted by Crippen LogP contribution is 1.98. The molecule has 0 bridgehead atoms. The Hall–Kier alpha value is -1.21. The first kappa shape index (κ1) is 11.9. The summed E-state index contributed by atoms with van der Waals surface area (Å²) in [5.74, 6) is -0.736. The molecule has 1 rings (SSSR count). The second-order valence-corrected chi connectivity index (χ2v) is 4.33. The van der Waals surface area contributed by atoms with Crippen LogP contribution in [-0.4, -0.2) is 15.9 Å². The van der Waals surface area contributed by atoms with Crippen molar-refractivity contribution in [1.29, 1.82) is 0 Å². The van der Waals surface area contributed by atoms with Crippen LogP contribution < -0.4 is 15.9 Å². The van der Waals surface area contributed by atoms with Crippen molar-refractivity contribution in [2.24, 2.45) is 11.7 Å². The molecule has 1 aromatic rings. The summed E-state index contributed by atoms with van der Waals surface area (Å²) >= 11 is 5.75. The summed E-state index contributed by atoms with van der Waals surface area (Å²) < 4.78 is 0. The average Bonchev–Trinajstić information content (AvgIpc) is 2.59. The molecule has 1 amide bonds. The minimum Gasteiger partial charge on any atom is -0.393 e. The second-order valence-electron chi connectivity index (χ2n) is 3.02. The maximum Gasteiger partial charge on any atom is 0.304 e. The Morgan fingerprint density at radius 3 is 2.93 bits per heavy atom. The highest BCUT2D eigenvalue weighted by atomic mass is 32.1. The average molecular weight is 245 g/mol. The van der Waals surface area contributed by atoms with Crippen LogP contribution in [0, 0.1) is 5.92 Å². The highest BCUT2D eigenvalue weighted by Gasteiger charge is 2.14. The molecule has 15 heavy (non-hydrogen) atoms. The van der Waals surface area contributed by atoms with Crippen LogP contribution in [0.1, 0.15) is 12.6 Å². The Labute approximate surface area is 95.7 Å². The van der Waals surface area contributed by atoms with Crippen molar-refractivity contribution >= 4 is 34.5 Å². The quantitative estimate of drug-likeness (QED) is 0.650. The first-order chi connectivity index (χ1) is 7.00. The van der Waals surface area contributed by atoms with Gasteiger partial charge in [0.25, 0.3) is 0 Å². The minimum absolute atomic E-state index is 0.137. The topological polar surface area (TPSA) is 88.0 Å². The summed E-state index contributed by atoms with van der Waals surface area (Å²) in [6.07, 6.45) is 0. The largest absolute Gasteiger partial charge is 0.393 e. The van der Waals surface area contributed by atoms with E-state index in [1.165, 1.54) is 0 Å². The molecule has 0 aromatic carbocycles. The molecule has 0 saturated heterocycles. The molecule has 1 heterocycles. The lowest BCUT2D eigenvalue weighted by molar-refractivity contribution is -0.122. The van der Waals surface area contributed by atoms with Gasteiger partial charge >= 0.3 is 4.87 Å². The molecule has 4 N–H and O–H groups in total. The van der Waals surface area contributed by atoms with Gasteiger partial charge in [-0.2, -0.15) is 0 Å². The molecule has 7 heteroatoms. The summed E-state index contributed by atoms with van der Waals surface area (Å²) in [6, 6.07) is 0. The third-order valence-electron chi connectivity index (χ3n) is 1.84. The maximum absolute atomic E-state index is 11.4. The fraction of sp³-hybridized carbons (Fsp3) is 0.375. The van der Waals surface area contributed by atoms with E-state index in [-0.39, 0.29) is 22.3 Å². The number of carbonyl (C=O) groups is 1. The Kier molecular flexibility index (Phi) is 3.98. The zero-order valence-electron chi connectivity index (χ0n) is 8.07. The fourth-order valence-electron chi connectivity index (χ4n) is 0.865. The predicted molar refractivity (Wildman–Crippen MR) is 62.7 cm³/mol. The SMILES string of the molecule is CC(C(=O)NCc1csc(=O)[nH]1)C(N)=S. The number of hydrogen-bond donors (Lipinski definition) is 3. The van der Waals surface area contributed by atoms with Crippen LogP contribution >= 0.6 is 23.6 Å². The zero-order valence-corrected chi connectivity index (χ0v) is 9.71. The second kappa shape index (κ2) is 5.04. The van der Waals surface area contributed by atoms with E-state index in [1.807, 2.05) is 0 Å². The normalized spacial score (nSPS) is 12.1. The summed E-state index contributed by atoms with van der Waals surface area (Å²) in [6.45, 7) is 1.92. The Balaban J connectivity index is 2.47. The fourth-order valence-corrected chi connectivity index (χ4v) is 1.55. The summed E-state index contributed by atoms with van der Waals surface area (Å²) in [4.78, 5) is 24.8. The third-order valence-corrected chi connectivity index (χ3v) is 2.92. The molecular weight excluding hydrogens is 234 g/mol. The number of amides is 1. The van der Waals surface area contributed by atoms with E-state index in [1.54, 1.807) is 12.3 Å². The number of hydrogen-bond acceptors (Lipinski definition) is 4.